The summed E-state index contributed by atoms with van der Waals surface area (Å²) in [4.78, 5) is 15.3. The largest absolute Gasteiger partial charge is 0.486 e. The molecule has 0 fully saturated rings. The topological polar surface area (TPSA) is 39.2 Å². The Morgan fingerprint density at radius 1 is 1.35 bits per heavy atom. The number of pyridine rings is 1. The van der Waals surface area contributed by atoms with Crippen LogP contribution in [0.3, 0.4) is 0 Å². The summed E-state index contributed by atoms with van der Waals surface area (Å²) in [5, 5.41) is -0.152. The molecule has 0 aliphatic rings. The van der Waals surface area contributed by atoms with Crippen molar-refractivity contribution in [2.45, 2.75) is 6.18 Å². The molecule has 0 atom stereocenters. The molecule has 0 aliphatic carbocycles. The first kappa shape index (κ1) is 17.4. The molecule has 8 heteroatoms. The minimum absolute atomic E-state index is 0.0435. The number of carbonyl (C=O) groups excluding carboxylic acids is 1. The van der Waals surface area contributed by atoms with Crippen molar-refractivity contribution in [2.75, 3.05) is 7.11 Å². The zero-order chi connectivity index (χ0) is 17.2. The van der Waals surface area contributed by atoms with Crippen LogP contribution in [-0.4, -0.2) is 23.4 Å². The summed E-state index contributed by atoms with van der Waals surface area (Å²) in [5.41, 5.74) is -1.70. The maximum atomic E-state index is 13.3. The molecule has 0 saturated carbocycles. The molecule has 0 radical (unpaired) electrons. The number of benzene rings is 1. The van der Waals surface area contributed by atoms with Crippen molar-refractivity contribution in [3.05, 3.63) is 52.2 Å². The van der Waals surface area contributed by atoms with E-state index in [-0.39, 0.29) is 33.2 Å². The third-order valence-corrected chi connectivity index (χ3v) is 3.78. The van der Waals surface area contributed by atoms with Crippen LogP contribution in [0.1, 0.15) is 21.5 Å². The predicted octanol–water partition coefficient (Wildman–Crippen LogP) is 4.56. The van der Waals surface area contributed by atoms with Crippen molar-refractivity contribution in [3.8, 4) is 11.3 Å². The minimum Gasteiger partial charge on any atom is -0.486 e. The summed E-state index contributed by atoms with van der Waals surface area (Å²) in [6, 6.07) is 4.79. The number of nitrogens with zero attached hydrogens (tertiary/aromatic N) is 1. The summed E-state index contributed by atoms with van der Waals surface area (Å²) in [6.07, 6.45) is -3.13. The van der Waals surface area contributed by atoms with Crippen LogP contribution in [0.2, 0.25) is 5.02 Å². The number of alkyl halides is 3. The lowest BCUT2D eigenvalue weighted by Crippen LogP contribution is -2.12. The second-order valence-electron chi connectivity index (χ2n) is 4.39. The van der Waals surface area contributed by atoms with Crippen LogP contribution in [-0.2, 0) is 10.9 Å². The van der Waals surface area contributed by atoms with Crippen molar-refractivity contribution in [3.63, 3.8) is 0 Å². The third-order valence-electron chi connectivity index (χ3n) is 3.07. The van der Waals surface area contributed by atoms with E-state index in [0.29, 0.717) is 0 Å². The van der Waals surface area contributed by atoms with Crippen LogP contribution in [0.25, 0.3) is 11.3 Å². The maximum Gasteiger partial charge on any atom is 0.417 e. The van der Waals surface area contributed by atoms with Gasteiger partial charge in [0.2, 0.25) is 0 Å². The van der Waals surface area contributed by atoms with Gasteiger partial charge in [-0.2, -0.15) is 13.2 Å². The number of aromatic nitrogens is 1. The van der Waals surface area contributed by atoms with Crippen molar-refractivity contribution in [2.24, 2.45) is 0 Å². The van der Waals surface area contributed by atoms with Gasteiger partial charge in [-0.3, -0.25) is 9.78 Å². The first-order chi connectivity index (χ1) is 10.8. The Bertz CT molecular complexity index is 778. The molecular weight excluding hydrogens is 351 g/mol. The molecule has 3 nitrogen and oxygen atoms in total. The number of hydrogen-bond acceptors (Lipinski definition) is 4. The standard InChI is InChI=1S/C15H9ClF3NO2S/c1-22-14(23)8-3-2-6-20-13(8)12-9(7-21)11(16)5-4-10(12)15(17,18)19/h2-7H,1H3. The fourth-order valence-electron chi connectivity index (χ4n) is 2.08. The zero-order valence-electron chi connectivity index (χ0n) is 11.6. The minimum atomic E-state index is -4.69. The fraction of sp³-hybridized carbons (Fsp3) is 0.133. The van der Waals surface area contributed by atoms with E-state index in [9.17, 15) is 18.0 Å². The summed E-state index contributed by atoms with van der Waals surface area (Å²) < 4.78 is 45.0. The number of rotatable bonds is 3. The van der Waals surface area contributed by atoms with E-state index in [1.165, 1.54) is 25.4 Å². The Kier molecular flexibility index (Phi) is 5.01. The predicted molar refractivity (Wildman–Crippen MR) is 83.8 cm³/mol. The summed E-state index contributed by atoms with van der Waals surface area (Å²) >= 11 is 10.9. The number of aldehydes is 1. The van der Waals surface area contributed by atoms with Crippen LogP contribution in [0.15, 0.2) is 30.5 Å². The first-order valence-corrected chi connectivity index (χ1v) is 6.98. The number of halogens is 4. The van der Waals surface area contributed by atoms with E-state index >= 15 is 0 Å². The average Bonchev–Trinajstić information content (AvgIpc) is 2.52. The van der Waals surface area contributed by atoms with Gasteiger partial charge in [-0.25, -0.2) is 0 Å². The Labute approximate surface area is 140 Å². The Morgan fingerprint density at radius 3 is 2.61 bits per heavy atom. The summed E-state index contributed by atoms with van der Waals surface area (Å²) in [6.45, 7) is 0. The molecule has 0 bridgehead atoms. The van der Waals surface area contributed by atoms with Crippen LogP contribution in [0.4, 0.5) is 13.2 Å². The van der Waals surface area contributed by atoms with Gasteiger partial charge in [-0.1, -0.05) is 11.6 Å². The van der Waals surface area contributed by atoms with E-state index in [4.69, 9.17) is 28.6 Å². The van der Waals surface area contributed by atoms with Gasteiger partial charge in [0.25, 0.3) is 0 Å². The molecule has 0 aliphatic heterocycles. The fourth-order valence-corrected chi connectivity index (χ4v) is 2.45. The van der Waals surface area contributed by atoms with E-state index in [2.05, 4.69) is 4.98 Å². The van der Waals surface area contributed by atoms with Crippen molar-refractivity contribution >= 4 is 35.2 Å². The lowest BCUT2D eigenvalue weighted by molar-refractivity contribution is -0.137. The number of ether oxygens (including phenoxy) is 1. The molecule has 1 aromatic heterocycles. The molecule has 0 saturated heterocycles. The van der Waals surface area contributed by atoms with Crippen LogP contribution in [0, 0.1) is 0 Å². The highest BCUT2D eigenvalue weighted by Gasteiger charge is 2.36. The summed E-state index contributed by atoms with van der Waals surface area (Å²) in [7, 11) is 1.29. The van der Waals surface area contributed by atoms with E-state index in [1.807, 2.05) is 0 Å². The van der Waals surface area contributed by atoms with Gasteiger partial charge in [0.1, 0.15) is 0 Å². The number of carbonyl (C=O) groups is 1. The SMILES string of the molecule is COC(=S)c1cccnc1-c1c(C(F)(F)F)ccc(Cl)c1C=O. The zero-order valence-corrected chi connectivity index (χ0v) is 13.2. The van der Waals surface area contributed by atoms with Crippen molar-refractivity contribution < 1.29 is 22.7 Å². The van der Waals surface area contributed by atoms with Gasteiger partial charge in [-0.15, -0.1) is 0 Å². The second-order valence-corrected chi connectivity index (χ2v) is 5.17. The van der Waals surface area contributed by atoms with Gasteiger partial charge in [0.05, 0.1) is 29.0 Å². The Hall–Kier alpha value is -1.99. The molecule has 0 spiro atoms. The lowest BCUT2D eigenvalue weighted by atomic mass is 9.95. The van der Waals surface area contributed by atoms with Gasteiger partial charge in [0, 0.05) is 17.3 Å². The molecule has 2 aromatic rings. The van der Waals surface area contributed by atoms with Crippen LogP contribution in [0.5, 0.6) is 0 Å². The van der Waals surface area contributed by atoms with E-state index < -0.39 is 17.3 Å². The molecule has 120 valence electrons. The summed E-state index contributed by atoms with van der Waals surface area (Å²) in [5.74, 6) is 0. The molecule has 1 aromatic carbocycles. The van der Waals surface area contributed by atoms with Gasteiger partial charge >= 0.3 is 6.18 Å². The van der Waals surface area contributed by atoms with Crippen molar-refractivity contribution in [1.82, 2.24) is 4.98 Å². The van der Waals surface area contributed by atoms with Crippen molar-refractivity contribution in [1.29, 1.82) is 0 Å². The molecular formula is C15H9ClF3NO2S. The Morgan fingerprint density at radius 2 is 2.04 bits per heavy atom. The second kappa shape index (κ2) is 6.64. The highest BCUT2D eigenvalue weighted by Crippen LogP contribution is 2.41. The van der Waals surface area contributed by atoms with E-state index in [0.717, 1.165) is 12.1 Å². The molecule has 2 rings (SSSR count). The highest BCUT2D eigenvalue weighted by molar-refractivity contribution is 7.80. The van der Waals surface area contributed by atoms with Gasteiger partial charge in [-0.05, 0) is 36.5 Å². The normalized spacial score (nSPS) is 11.2. The molecule has 23 heavy (non-hydrogen) atoms. The molecule has 0 unspecified atom stereocenters. The smallest absolute Gasteiger partial charge is 0.417 e. The third kappa shape index (κ3) is 3.35. The maximum absolute atomic E-state index is 13.3. The number of methoxy groups -OCH3 is 1. The molecule has 0 N–H and O–H groups in total. The van der Waals surface area contributed by atoms with Gasteiger partial charge in [0.15, 0.2) is 11.3 Å². The molecule has 0 amide bonds. The van der Waals surface area contributed by atoms with Crippen LogP contribution < -0.4 is 0 Å². The quantitative estimate of drug-likeness (QED) is 0.595. The van der Waals surface area contributed by atoms with Crippen LogP contribution >= 0.6 is 23.8 Å². The number of thiocarbonyl (C=S) groups is 1. The lowest BCUT2D eigenvalue weighted by Gasteiger charge is -2.17. The number of hydrogen-bond donors (Lipinski definition) is 0. The monoisotopic (exact) mass is 359 g/mol. The Balaban J connectivity index is 2.90. The average molecular weight is 360 g/mol. The van der Waals surface area contributed by atoms with E-state index in [1.54, 1.807) is 0 Å². The molecule has 1 heterocycles. The highest BCUT2D eigenvalue weighted by atomic mass is 35.5. The first-order valence-electron chi connectivity index (χ1n) is 6.19. The van der Waals surface area contributed by atoms with Gasteiger partial charge < -0.3 is 4.74 Å².